The van der Waals surface area contributed by atoms with Crippen molar-refractivity contribution in [2.24, 2.45) is 5.41 Å². The highest BCUT2D eigenvalue weighted by molar-refractivity contribution is 5.76. The molecule has 2 unspecified atom stereocenters. The molecule has 1 heterocycles. The van der Waals surface area contributed by atoms with Crippen molar-refractivity contribution in [1.29, 1.82) is 0 Å². The van der Waals surface area contributed by atoms with Gasteiger partial charge < -0.3 is 20.4 Å². The number of nitrogens with zero attached hydrogens (tertiary/aromatic N) is 1. The van der Waals surface area contributed by atoms with E-state index >= 15 is 0 Å². The number of hydrogen-bond donors (Lipinski definition) is 3. The molecule has 122 valence electrons. The maximum Gasteiger partial charge on any atom is 0.317 e. The minimum Gasteiger partial charge on any atom is -0.481 e. The van der Waals surface area contributed by atoms with Crippen molar-refractivity contribution in [2.45, 2.75) is 65.0 Å². The summed E-state index contributed by atoms with van der Waals surface area (Å²) < 4.78 is 0. The number of carbonyl (C=O) groups is 2. The van der Waals surface area contributed by atoms with Crippen LogP contribution in [0.3, 0.4) is 0 Å². The average molecular weight is 300 g/mol. The highest BCUT2D eigenvalue weighted by atomic mass is 16.4. The summed E-state index contributed by atoms with van der Waals surface area (Å²) in [7, 11) is 0. The van der Waals surface area contributed by atoms with Crippen LogP contribution in [0.15, 0.2) is 0 Å². The molecule has 1 rings (SSSR count). The summed E-state index contributed by atoms with van der Waals surface area (Å²) in [5.74, 6) is -0.926. The fourth-order valence-electron chi connectivity index (χ4n) is 2.61. The monoisotopic (exact) mass is 300 g/mol. The summed E-state index contributed by atoms with van der Waals surface area (Å²) in [6.45, 7) is 6.29. The van der Waals surface area contributed by atoms with Crippen molar-refractivity contribution in [1.82, 2.24) is 10.2 Å². The molecule has 3 N–H and O–H groups in total. The molecule has 6 heteroatoms. The third-order valence-electron chi connectivity index (χ3n) is 4.07. The lowest BCUT2D eigenvalue weighted by atomic mass is 9.85. The first kappa shape index (κ1) is 17.8. The number of aliphatic hydroxyl groups is 1. The van der Waals surface area contributed by atoms with Crippen LogP contribution in [0.4, 0.5) is 4.79 Å². The lowest BCUT2D eigenvalue weighted by Gasteiger charge is -2.35. The SMILES string of the molecule is CC(C)(C)C(CC(=O)O)NC(=O)N1CCCCCC1CO. The van der Waals surface area contributed by atoms with E-state index in [0.717, 1.165) is 25.7 Å². The summed E-state index contributed by atoms with van der Waals surface area (Å²) in [5, 5.41) is 21.3. The van der Waals surface area contributed by atoms with Gasteiger partial charge in [0.25, 0.3) is 0 Å². The van der Waals surface area contributed by atoms with Crippen molar-refractivity contribution in [3.63, 3.8) is 0 Å². The fraction of sp³-hybridized carbons (Fsp3) is 0.867. The van der Waals surface area contributed by atoms with Gasteiger partial charge in [-0.3, -0.25) is 4.79 Å². The number of rotatable bonds is 4. The Hall–Kier alpha value is -1.30. The minimum atomic E-state index is -0.926. The van der Waals surface area contributed by atoms with E-state index in [0.29, 0.717) is 6.54 Å². The number of hydrogen-bond acceptors (Lipinski definition) is 3. The highest BCUT2D eigenvalue weighted by Crippen LogP contribution is 2.23. The van der Waals surface area contributed by atoms with Crippen molar-refractivity contribution in [3.05, 3.63) is 0 Å². The first-order valence-corrected chi connectivity index (χ1v) is 7.65. The van der Waals surface area contributed by atoms with Crippen LogP contribution in [-0.4, -0.2) is 52.3 Å². The van der Waals surface area contributed by atoms with Crippen LogP contribution in [-0.2, 0) is 4.79 Å². The molecular formula is C15H28N2O4. The fourth-order valence-corrected chi connectivity index (χ4v) is 2.61. The maximum atomic E-state index is 12.5. The molecule has 0 aliphatic carbocycles. The smallest absolute Gasteiger partial charge is 0.317 e. The summed E-state index contributed by atoms with van der Waals surface area (Å²) >= 11 is 0. The van der Waals surface area contributed by atoms with Gasteiger partial charge in [-0.25, -0.2) is 4.79 Å². The van der Waals surface area contributed by atoms with E-state index < -0.39 is 12.0 Å². The summed E-state index contributed by atoms with van der Waals surface area (Å²) in [6.07, 6.45) is 3.67. The van der Waals surface area contributed by atoms with Crippen LogP contribution >= 0.6 is 0 Å². The molecule has 0 spiro atoms. The molecular weight excluding hydrogens is 272 g/mol. The minimum absolute atomic E-state index is 0.0491. The molecule has 0 bridgehead atoms. The first-order valence-electron chi connectivity index (χ1n) is 7.65. The molecule has 6 nitrogen and oxygen atoms in total. The van der Waals surface area contributed by atoms with E-state index in [4.69, 9.17) is 5.11 Å². The molecule has 0 radical (unpaired) electrons. The summed E-state index contributed by atoms with van der Waals surface area (Å²) in [4.78, 5) is 25.1. The van der Waals surface area contributed by atoms with Gasteiger partial charge in [0.05, 0.1) is 19.1 Å². The lowest BCUT2D eigenvalue weighted by molar-refractivity contribution is -0.138. The number of aliphatic carboxylic acids is 1. The van der Waals surface area contributed by atoms with Gasteiger partial charge >= 0.3 is 12.0 Å². The Morgan fingerprint density at radius 3 is 2.48 bits per heavy atom. The number of carbonyl (C=O) groups excluding carboxylic acids is 1. The molecule has 2 atom stereocenters. The van der Waals surface area contributed by atoms with E-state index in [9.17, 15) is 14.7 Å². The largest absolute Gasteiger partial charge is 0.481 e. The van der Waals surface area contributed by atoms with Gasteiger partial charge in [-0.15, -0.1) is 0 Å². The van der Waals surface area contributed by atoms with E-state index in [2.05, 4.69) is 5.32 Å². The van der Waals surface area contributed by atoms with Crippen molar-refractivity contribution >= 4 is 12.0 Å². The molecule has 0 saturated carbocycles. The normalized spacial score (nSPS) is 21.5. The molecule has 0 aromatic carbocycles. The molecule has 1 aliphatic heterocycles. The second-order valence-corrected chi connectivity index (χ2v) is 6.85. The van der Waals surface area contributed by atoms with Crippen LogP contribution in [0, 0.1) is 5.41 Å². The van der Waals surface area contributed by atoms with Crippen LogP contribution in [0.25, 0.3) is 0 Å². The van der Waals surface area contributed by atoms with Crippen LogP contribution in [0.2, 0.25) is 0 Å². The molecule has 1 saturated heterocycles. The van der Waals surface area contributed by atoms with Crippen LogP contribution < -0.4 is 5.32 Å². The molecule has 0 aromatic heterocycles. The van der Waals surface area contributed by atoms with E-state index in [1.165, 1.54) is 0 Å². The number of carboxylic acids is 1. The van der Waals surface area contributed by atoms with Gasteiger partial charge in [0, 0.05) is 12.6 Å². The second-order valence-electron chi connectivity index (χ2n) is 6.85. The van der Waals surface area contributed by atoms with Gasteiger partial charge in [0.15, 0.2) is 0 Å². The Morgan fingerprint density at radius 1 is 1.29 bits per heavy atom. The van der Waals surface area contributed by atoms with Crippen molar-refractivity contribution in [3.8, 4) is 0 Å². The highest BCUT2D eigenvalue weighted by Gasteiger charge is 2.32. The Balaban J connectivity index is 2.76. The standard InChI is InChI=1S/C15H28N2O4/c1-15(2,3)12(9-13(19)20)16-14(21)17-8-6-4-5-7-11(17)10-18/h11-12,18H,4-10H2,1-3H3,(H,16,21)(H,19,20). The molecule has 21 heavy (non-hydrogen) atoms. The van der Waals surface area contributed by atoms with Crippen molar-refractivity contribution < 1.29 is 19.8 Å². The van der Waals surface area contributed by atoms with Gasteiger partial charge in [-0.1, -0.05) is 33.6 Å². The van der Waals surface area contributed by atoms with E-state index in [1.807, 2.05) is 20.8 Å². The third-order valence-corrected chi connectivity index (χ3v) is 4.07. The van der Waals surface area contributed by atoms with Gasteiger partial charge in [-0.2, -0.15) is 0 Å². The number of carboxylic acid groups (broad SMARTS) is 1. The van der Waals surface area contributed by atoms with Gasteiger partial charge in [-0.05, 0) is 18.3 Å². The van der Waals surface area contributed by atoms with Gasteiger partial charge in [0.2, 0.25) is 0 Å². The molecule has 1 fully saturated rings. The van der Waals surface area contributed by atoms with E-state index in [-0.39, 0.29) is 30.5 Å². The van der Waals surface area contributed by atoms with Gasteiger partial charge in [0.1, 0.15) is 0 Å². The quantitative estimate of drug-likeness (QED) is 0.739. The summed E-state index contributed by atoms with van der Waals surface area (Å²) in [6, 6.07) is -0.875. The Labute approximate surface area is 126 Å². The molecule has 0 aromatic rings. The number of aliphatic hydroxyl groups excluding tert-OH is 1. The second kappa shape index (κ2) is 7.64. The van der Waals surface area contributed by atoms with Crippen LogP contribution in [0.1, 0.15) is 52.9 Å². The topological polar surface area (TPSA) is 89.9 Å². The Kier molecular flexibility index (Phi) is 6.45. The van der Waals surface area contributed by atoms with Crippen molar-refractivity contribution in [2.75, 3.05) is 13.2 Å². The Morgan fingerprint density at radius 2 is 1.95 bits per heavy atom. The zero-order valence-corrected chi connectivity index (χ0v) is 13.3. The maximum absolute atomic E-state index is 12.5. The first-order chi connectivity index (χ1) is 9.75. The predicted molar refractivity (Wildman–Crippen MR) is 80.1 cm³/mol. The summed E-state index contributed by atoms with van der Waals surface area (Å²) in [5.41, 5.74) is -0.339. The van der Waals surface area contributed by atoms with Crippen LogP contribution in [0.5, 0.6) is 0 Å². The number of urea groups is 1. The number of amides is 2. The predicted octanol–water partition coefficient (Wildman–Crippen LogP) is 1.82. The van der Waals surface area contributed by atoms with E-state index in [1.54, 1.807) is 4.90 Å². The third kappa shape index (κ3) is 5.53. The number of nitrogens with one attached hydrogen (secondary N) is 1. The molecule has 1 aliphatic rings. The zero-order valence-electron chi connectivity index (χ0n) is 13.3. The average Bonchev–Trinajstić information content (AvgIpc) is 2.61. The number of likely N-dealkylation sites (tertiary alicyclic amines) is 1. The Bertz CT molecular complexity index is 365. The lowest BCUT2D eigenvalue weighted by Crippen LogP contribution is -2.53. The molecule has 2 amide bonds. The zero-order chi connectivity index (χ0) is 16.0.